The summed E-state index contributed by atoms with van der Waals surface area (Å²) in [6.07, 6.45) is 5.36. The van der Waals surface area contributed by atoms with Gasteiger partial charge in [-0.25, -0.2) is 0 Å². The van der Waals surface area contributed by atoms with E-state index in [9.17, 15) is 4.79 Å². The fourth-order valence-corrected chi connectivity index (χ4v) is 3.21. The summed E-state index contributed by atoms with van der Waals surface area (Å²) in [5.41, 5.74) is 1.89. The Hall–Kier alpha value is -1.56. The van der Waals surface area contributed by atoms with Crippen molar-refractivity contribution in [1.82, 2.24) is 10.6 Å². The third-order valence-electron chi connectivity index (χ3n) is 4.03. The second-order valence-corrected chi connectivity index (χ2v) is 6.80. The van der Waals surface area contributed by atoms with E-state index in [2.05, 4.69) is 36.9 Å². The Labute approximate surface area is 146 Å². The maximum atomic E-state index is 12.0. The van der Waals surface area contributed by atoms with Crippen LogP contribution < -0.4 is 16.0 Å². The number of benzene rings is 1. The van der Waals surface area contributed by atoms with Gasteiger partial charge in [0.1, 0.15) is 0 Å². The highest BCUT2D eigenvalue weighted by Crippen LogP contribution is 2.20. The second-order valence-electron chi connectivity index (χ2n) is 5.88. The summed E-state index contributed by atoms with van der Waals surface area (Å²) in [6, 6.07) is 6.33. The number of hydrogen-bond donors (Lipinski definition) is 3. The van der Waals surface area contributed by atoms with E-state index in [-0.39, 0.29) is 5.91 Å². The van der Waals surface area contributed by atoms with Crippen LogP contribution in [0.25, 0.3) is 0 Å². The molecule has 1 amide bonds. The van der Waals surface area contributed by atoms with Gasteiger partial charge in [0.05, 0.1) is 0 Å². The summed E-state index contributed by atoms with van der Waals surface area (Å²) >= 11 is 3.42. The molecule has 126 valence electrons. The van der Waals surface area contributed by atoms with Gasteiger partial charge in [0.15, 0.2) is 5.96 Å². The molecule has 0 spiro atoms. The molecule has 0 aromatic heterocycles. The predicted molar refractivity (Wildman–Crippen MR) is 98.9 cm³/mol. The monoisotopic (exact) mass is 380 g/mol. The van der Waals surface area contributed by atoms with E-state index < -0.39 is 0 Å². The summed E-state index contributed by atoms with van der Waals surface area (Å²) in [5.74, 6) is 0.781. The molecule has 1 aliphatic rings. The SMILES string of the molecule is CN=C(NCCC(=O)Nc1ccc(Br)cc1C)NC1CCCC1. The maximum absolute atomic E-state index is 12.0. The third-order valence-corrected chi connectivity index (χ3v) is 4.52. The van der Waals surface area contributed by atoms with Crippen LogP contribution in [0.4, 0.5) is 5.69 Å². The van der Waals surface area contributed by atoms with Gasteiger partial charge in [0, 0.05) is 36.2 Å². The fraction of sp³-hybridized carbons (Fsp3) is 0.529. The molecule has 1 aromatic rings. The normalized spacial score (nSPS) is 15.5. The van der Waals surface area contributed by atoms with Crippen LogP contribution in [0.3, 0.4) is 0 Å². The zero-order valence-corrected chi connectivity index (χ0v) is 15.4. The molecule has 6 heteroatoms. The van der Waals surface area contributed by atoms with Crippen LogP contribution in [-0.2, 0) is 4.79 Å². The van der Waals surface area contributed by atoms with Gasteiger partial charge in [0.2, 0.25) is 5.91 Å². The van der Waals surface area contributed by atoms with Gasteiger partial charge < -0.3 is 16.0 Å². The van der Waals surface area contributed by atoms with E-state index in [1.807, 2.05) is 25.1 Å². The van der Waals surface area contributed by atoms with E-state index >= 15 is 0 Å². The molecule has 1 fully saturated rings. The standard InChI is InChI=1S/C17H25BrN4O/c1-12-11-13(18)7-8-15(12)22-16(23)9-10-20-17(19-2)21-14-5-3-4-6-14/h7-8,11,14H,3-6,9-10H2,1-2H3,(H,22,23)(H2,19,20,21). The van der Waals surface area contributed by atoms with E-state index in [0.29, 0.717) is 19.0 Å². The predicted octanol–water partition coefficient (Wildman–Crippen LogP) is 3.19. The average Bonchev–Trinajstić information content (AvgIpc) is 3.02. The lowest BCUT2D eigenvalue weighted by Crippen LogP contribution is -2.43. The van der Waals surface area contributed by atoms with E-state index in [1.54, 1.807) is 7.05 Å². The summed E-state index contributed by atoms with van der Waals surface area (Å²) in [7, 11) is 1.76. The molecular weight excluding hydrogens is 356 g/mol. The Balaban J connectivity index is 1.73. The first kappa shape index (κ1) is 17.8. The number of carbonyl (C=O) groups excluding carboxylic acids is 1. The maximum Gasteiger partial charge on any atom is 0.226 e. The van der Waals surface area contributed by atoms with Crippen molar-refractivity contribution < 1.29 is 4.79 Å². The topological polar surface area (TPSA) is 65.5 Å². The van der Waals surface area contributed by atoms with Crippen LogP contribution in [0, 0.1) is 6.92 Å². The van der Waals surface area contributed by atoms with Crippen molar-refractivity contribution in [3.63, 3.8) is 0 Å². The minimum atomic E-state index is -0.000702. The molecule has 0 atom stereocenters. The third kappa shape index (κ3) is 5.86. The van der Waals surface area contributed by atoms with Gasteiger partial charge in [-0.15, -0.1) is 0 Å². The number of anilines is 1. The van der Waals surface area contributed by atoms with Crippen molar-refractivity contribution in [2.75, 3.05) is 18.9 Å². The van der Waals surface area contributed by atoms with Gasteiger partial charge in [-0.2, -0.15) is 0 Å². The largest absolute Gasteiger partial charge is 0.356 e. The molecule has 23 heavy (non-hydrogen) atoms. The van der Waals surface area contributed by atoms with Crippen molar-refractivity contribution in [1.29, 1.82) is 0 Å². The molecule has 1 saturated carbocycles. The average molecular weight is 381 g/mol. The molecule has 2 rings (SSSR count). The Morgan fingerprint density at radius 3 is 2.74 bits per heavy atom. The van der Waals surface area contributed by atoms with Crippen molar-refractivity contribution in [3.8, 4) is 0 Å². The Bertz CT molecular complexity index is 568. The minimum absolute atomic E-state index is 0.000702. The minimum Gasteiger partial charge on any atom is -0.356 e. The number of guanidine groups is 1. The van der Waals surface area contributed by atoms with Gasteiger partial charge in [-0.3, -0.25) is 9.79 Å². The highest BCUT2D eigenvalue weighted by atomic mass is 79.9. The smallest absolute Gasteiger partial charge is 0.226 e. The summed E-state index contributed by atoms with van der Waals surface area (Å²) in [4.78, 5) is 16.3. The highest BCUT2D eigenvalue weighted by Gasteiger charge is 2.15. The van der Waals surface area contributed by atoms with Crippen LogP contribution in [0.15, 0.2) is 27.7 Å². The number of aryl methyl sites for hydroxylation is 1. The van der Waals surface area contributed by atoms with Crippen molar-refractivity contribution in [2.45, 2.75) is 45.1 Å². The Morgan fingerprint density at radius 1 is 1.35 bits per heavy atom. The molecule has 0 saturated heterocycles. The van der Waals surface area contributed by atoms with E-state index in [0.717, 1.165) is 21.7 Å². The van der Waals surface area contributed by atoms with Gasteiger partial charge in [0.25, 0.3) is 0 Å². The van der Waals surface area contributed by atoms with Gasteiger partial charge in [-0.05, 0) is 43.5 Å². The molecule has 0 aliphatic heterocycles. The number of nitrogens with one attached hydrogen (secondary N) is 3. The Kier molecular flexibility index (Phi) is 6.89. The van der Waals surface area contributed by atoms with Crippen LogP contribution in [0.2, 0.25) is 0 Å². The van der Waals surface area contributed by atoms with Crippen LogP contribution >= 0.6 is 15.9 Å². The molecule has 5 nitrogen and oxygen atoms in total. The van der Waals surface area contributed by atoms with Crippen LogP contribution in [0.1, 0.15) is 37.7 Å². The molecule has 1 aromatic carbocycles. The first-order valence-electron chi connectivity index (χ1n) is 8.11. The quantitative estimate of drug-likeness (QED) is 0.542. The molecule has 0 bridgehead atoms. The summed E-state index contributed by atoms with van der Waals surface area (Å²) in [6.45, 7) is 2.54. The number of hydrogen-bond acceptors (Lipinski definition) is 2. The lowest BCUT2D eigenvalue weighted by molar-refractivity contribution is -0.116. The second kappa shape index (κ2) is 8.91. The van der Waals surface area contributed by atoms with E-state index in [1.165, 1.54) is 25.7 Å². The molecule has 0 heterocycles. The molecule has 0 radical (unpaired) electrons. The lowest BCUT2D eigenvalue weighted by atomic mass is 10.2. The van der Waals surface area contributed by atoms with Crippen LogP contribution in [-0.4, -0.2) is 31.5 Å². The number of carbonyl (C=O) groups is 1. The fourth-order valence-electron chi connectivity index (χ4n) is 2.73. The summed E-state index contributed by atoms with van der Waals surface area (Å²) < 4.78 is 1.01. The summed E-state index contributed by atoms with van der Waals surface area (Å²) in [5, 5.41) is 9.56. The van der Waals surface area contributed by atoms with Gasteiger partial charge >= 0.3 is 0 Å². The zero-order valence-electron chi connectivity index (χ0n) is 13.8. The highest BCUT2D eigenvalue weighted by molar-refractivity contribution is 9.10. The van der Waals surface area contributed by atoms with Crippen LogP contribution in [0.5, 0.6) is 0 Å². The lowest BCUT2D eigenvalue weighted by Gasteiger charge is -2.16. The number of rotatable bonds is 5. The van der Waals surface area contributed by atoms with Crippen molar-refractivity contribution in [3.05, 3.63) is 28.2 Å². The number of amides is 1. The molecular formula is C17H25BrN4O. The van der Waals surface area contributed by atoms with E-state index in [4.69, 9.17) is 0 Å². The first-order valence-corrected chi connectivity index (χ1v) is 8.91. The number of halogens is 1. The van der Waals surface area contributed by atoms with Gasteiger partial charge in [-0.1, -0.05) is 28.8 Å². The number of nitrogens with zero attached hydrogens (tertiary/aromatic N) is 1. The Morgan fingerprint density at radius 2 is 2.09 bits per heavy atom. The number of aliphatic imine (C=N–C) groups is 1. The molecule has 1 aliphatic carbocycles. The zero-order chi connectivity index (χ0) is 16.7. The molecule has 0 unspecified atom stereocenters. The first-order chi connectivity index (χ1) is 11.1. The van der Waals surface area contributed by atoms with Crippen molar-refractivity contribution >= 4 is 33.5 Å². The molecule has 3 N–H and O–H groups in total. The van der Waals surface area contributed by atoms with Crippen molar-refractivity contribution in [2.24, 2.45) is 4.99 Å².